The molecule has 4 aromatic rings. The van der Waals surface area contributed by atoms with Crippen molar-refractivity contribution < 1.29 is 8.42 Å². The maximum Gasteiger partial charge on any atom is 0.354 e. The molecule has 0 saturated carbocycles. The highest BCUT2D eigenvalue weighted by Gasteiger charge is 2.18. The van der Waals surface area contributed by atoms with Gasteiger partial charge in [0.2, 0.25) is 10.0 Å². The fourth-order valence-electron chi connectivity index (χ4n) is 5.13. The van der Waals surface area contributed by atoms with Crippen LogP contribution in [0.3, 0.4) is 0 Å². The van der Waals surface area contributed by atoms with Crippen molar-refractivity contribution in [3.8, 4) is 5.69 Å². The van der Waals surface area contributed by atoms with Gasteiger partial charge in [0.1, 0.15) is 5.65 Å². The number of aromatic amines is 1. The number of fused-ring (bicyclic) bond motifs is 1. The van der Waals surface area contributed by atoms with Gasteiger partial charge in [0.05, 0.1) is 11.9 Å². The van der Waals surface area contributed by atoms with Gasteiger partial charge in [0, 0.05) is 42.3 Å². The van der Waals surface area contributed by atoms with Gasteiger partial charge in [-0.05, 0) is 84.6 Å². The van der Waals surface area contributed by atoms with Crippen molar-refractivity contribution in [2.45, 2.75) is 91.1 Å². The number of nitrogens with two attached hydrogens (primary N) is 3. The van der Waals surface area contributed by atoms with E-state index >= 15 is 0 Å². The Bertz CT molecular complexity index is 1880. The SMILES string of the molecule is CC(C)(C)c1cc(CCCCN)cc(CNS(C)(=O)=O)c1.CC(C)(C)c1cc2cn(-c3ccc(CNCCCN=C(N)N)cc3)c(=O)nc2[nH]1. The maximum absolute atomic E-state index is 12.5. The third kappa shape index (κ3) is 13.3. The predicted octanol–water partition coefficient (Wildman–Crippen LogP) is 4.08. The van der Waals surface area contributed by atoms with Crippen molar-refractivity contribution in [1.82, 2.24) is 24.6 Å². The number of sulfonamides is 1. The lowest BCUT2D eigenvalue weighted by atomic mass is 9.84. The minimum atomic E-state index is -3.17. The van der Waals surface area contributed by atoms with Crippen LogP contribution in [-0.4, -0.2) is 54.8 Å². The van der Waals surface area contributed by atoms with E-state index in [0.717, 1.165) is 66.7 Å². The predicted molar refractivity (Wildman–Crippen MR) is 206 cm³/mol. The van der Waals surface area contributed by atoms with Gasteiger partial charge in [0.25, 0.3) is 0 Å². The van der Waals surface area contributed by atoms with Crippen LogP contribution in [0.25, 0.3) is 16.7 Å². The summed E-state index contributed by atoms with van der Waals surface area (Å²) >= 11 is 0. The number of rotatable bonds is 14. The first-order valence-electron chi connectivity index (χ1n) is 17.1. The van der Waals surface area contributed by atoms with Gasteiger partial charge < -0.3 is 27.5 Å². The van der Waals surface area contributed by atoms with Crippen LogP contribution in [0.2, 0.25) is 0 Å². The van der Waals surface area contributed by atoms with Crippen molar-refractivity contribution in [2.75, 3.05) is 25.9 Å². The lowest BCUT2D eigenvalue weighted by Crippen LogP contribution is -2.23. The van der Waals surface area contributed by atoms with E-state index in [9.17, 15) is 13.2 Å². The summed E-state index contributed by atoms with van der Waals surface area (Å²) < 4.78 is 26.7. The Labute approximate surface area is 297 Å². The van der Waals surface area contributed by atoms with Crippen molar-refractivity contribution >= 4 is 27.0 Å². The van der Waals surface area contributed by atoms with Crippen LogP contribution >= 0.6 is 0 Å². The minimum Gasteiger partial charge on any atom is -0.370 e. The minimum absolute atomic E-state index is 0.0352. The smallest absolute Gasteiger partial charge is 0.354 e. The summed E-state index contributed by atoms with van der Waals surface area (Å²) in [7, 11) is -3.17. The Morgan fingerprint density at radius 3 is 2.18 bits per heavy atom. The molecule has 2 heterocycles. The number of guanidine groups is 1. The molecule has 0 unspecified atom stereocenters. The van der Waals surface area contributed by atoms with Crippen LogP contribution in [0.4, 0.5) is 0 Å². The number of unbranched alkanes of at least 4 members (excludes halogenated alkanes) is 1. The first-order chi connectivity index (χ1) is 23.4. The standard InChI is InChI=1S/C21H29N7O.C16H28N2O2S/c1-21(2,3)17-11-15-13-28(20(29)27-18(15)26-17)16-7-5-14(6-8-16)12-24-9-4-10-25-19(22)23;1-16(2,3)15-10-13(7-5-6-8-17)9-14(11-15)12-18-21(4,19)20/h5-8,11,13,24H,4,9-10,12H2,1-3H3,(H4,22,23,25)(H,26,27,29);9-11,18H,5-8,12,17H2,1-4H3. The van der Waals surface area contributed by atoms with Gasteiger partial charge in [-0.1, -0.05) is 71.9 Å². The number of benzene rings is 2. The molecular weight excluding hydrogens is 651 g/mol. The Kier molecular flexibility index (Phi) is 14.3. The third-order valence-corrected chi connectivity index (χ3v) is 8.71. The Morgan fingerprint density at radius 2 is 1.58 bits per heavy atom. The molecule has 274 valence electrons. The number of aryl methyl sites for hydroxylation is 1. The Hall–Kier alpha value is -4.04. The zero-order valence-electron chi connectivity index (χ0n) is 30.8. The topological polar surface area (TPSA) is 199 Å². The Morgan fingerprint density at radius 1 is 0.900 bits per heavy atom. The highest BCUT2D eigenvalue weighted by molar-refractivity contribution is 7.88. The third-order valence-electron chi connectivity index (χ3n) is 8.04. The summed E-state index contributed by atoms with van der Waals surface area (Å²) in [6, 6.07) is 16.3. The highest BCUT2D eigenvalue weighted by Crippen LogP contribution is 2.26. The van der Waals surface area contributed by atoms with Gasteiger partial charge in [-0.2, -0.15) is 4.98 Å². The summed E-state index contributed by atoms with van der Waals surface area (Å²) in [5.41, 5.74) is 22.9. The molecule has 2 aromatic carbocycles. The summed E-state index contributed by atoms with van der Waals surface area (Å²) in [5, 5.41) is 4.27. The zero-order chi connectivity index (χ0) is 37.1. The molecular formula is C37H57N9O3S. The van der Waals surface area contributed by atoms with E-state index in [1.807, 2.05) is 30.5 Å². The number of aromatic nitrogens is 3. The summed E-state index contributed by atoms with van der Waals surface area (Å²) in [6.45, 7) is 16.1. The van der Waals surface area contributed by atoms with Crippen molar-refractivity contribution in [1.29, 1.82) is 0 Å². The molecule has 0 radical (unpaired) electrons. The summed E-state index contributed by atoms with van der Waals surface area (Å²) in [6.07, 6.45) is 6.94. The first-order valence-corrected chi connectivity index (χ1v) is 19.0. The molecule has 2 aromatic heterocycles. The number of nitrogens with one attached hydrogen (secondary N) is 3. The summed E-state index contributed by atoms with van der Waals surface area (Å²) in [4.78, 5) is 23.9. The number of hydrogen-bond acceptors (Lipinski definition) is 7. The van der Waals surface area contributed by atoms with E-state index in [1.54, 1.807) is 4.57 Å². The molecule has 13 heteroatoms. The van der Waals surface area contributed by atoms with Gasteiger partial charge in [0.15, 0.2) is 5.96 Å². The van der Waals surface area contributed by atoms with E-state index in [-0.39, 0.29) is 22.5 Å². The van der Waals surface area contributed by atoms with Crippen LogP contribution in [0, 0.1) is 0 Å². The lowest BCUT2D eigenvalue weighted by Gasteiger charge is -2.21. The average Bonchev–Trinajstić information content (AvgIpc) is 3.45. The molecule has 0 amide bonds. The van der Waals surface area contributed by atoms with E-state index in [0.29, 0.717) is 25.3 Å². The van der Waals surface area contributed by atoms with Gasteiger partial charge in [-0.25, -0.2) is 17.9 Å². The van der Waals surface area contributed by atoms with Gasteiger partial charge in [-0.3, -0.25) is 9.56 Å². The number of nitrogens with zero attached hydrogens (tertiary/aromatic N) is 3. The second kappa shape index (κ2) is 17.8. The molecule has 0 aliphatic carbocycles. The molecule has 0 fully saturated rings. The molecule has 4 rings (SSSR count). The molecule has 0 bridgehead atoms. The molecule has 12 nitrogen and oxygen atoms in total. The number of aliphatic imine (C=N–C) groups is 1. The lowest BCUT2D eigenvalue weighted by molar-refractivity contribution is 0.574. The fourth-order valence-corrected chi connectivity index (χ4v) is 5.56. The molecule has 0 spiro atoms. The second-order valence-corrected chi connectivity index (χ2v) is 16.6. The normalized spacial score (nSPS) is 12.1. The zero-order valence-corrected chi connectivity index (χ0v) is 31.6. The van der Waals surface area contributed by atoms with Gasteiger partial charge >= 0.3 is 5.69 Å². The van der Waals surface area contributed by atoms with Crippen molar-refractivity contribution in [2.24, 2.45) is 22.2 Å². The number of H-pyrrole nitrogens is 1. The van der Waals surface area contributed by atoms with E-state index in [1.165, 1.54) is 17.4 Å². The molecule has 0 aliphatic heterocycles. The molecule has 0 saturated heterocycles. The molecule has 9 N–H and O–H groups in total. The van der Waals surface area contributed by atoms with E-state index in [4.69, 9.17) is 17.2 Å². The highest BCUT2D eigenvalue weighted by atomic mass is 32.2. The van der Waals surface area contributed by atoms with E-state index < -0.39 is 10.0 Å². The van der Waals surface area contributed by atoms with Crippen LogP contribution in [0.1, 0.15) is 88.8 Å². The maximum atomic E-state index is 12.5. The van der Waals surface area contributed by atoms with Gasteiger partial charge in [-0.15, -0.1) is 0 Å². The number of hydrogen-bond donors (Lipinski definition) is 6. The fraction of sp³-hybridized carbons (Fsp3) is 0.486. The van der Waals surface area contributed by atoms with E-state index in [2.05, 4.69) is 90.8 Å². The van der Waals surface area contributed by atoms with Crippen molar-refractivity contribution in [3.63, 3.8) is 0 Å². The second-order valence-electron chi connectivity index (χ2n) is 14.8. The quantitative estimate of drug-likeness (QED) is 0.0640. The Balaban J connectivity index is 0.000000286. The average molecular weight is 708 g/mol. The first kappa shape index (κ1) is 40.4. The molecule has 50 heavy (non-hydrogen) atoms. The van der Waals surface area contributed by atoms with Crippen LogP contribution in [-0.2, 0) is 40.4 Å². The van der Waals surface area contributed by atoms with Crippen LogP contribution in [0.5, 0.6) is 0 Å². The molecule has 0 atom stereocenters. The largest absolute Gasteiger partial charge is 0.370 e. The van der Waals surface area contributed by atoms with Crippen molar-refractivity contribution in [3.05, 3.63) is 93.2 Å². The van der Waals surface area contributed by atoms with Crippen LogP contribution in [0.15, 0.2) is 64.5 Å². The van der Waals surface area contributed by atoms with Crippen LogP contribution < -0.4 is 32.9 Å². The molecule has 0 aliphatic rings. The monoisotopic (exact) mass is 707 g/mol. The summed E-state index contributed by atoms with van der Waals surface area (Å²) in [5.74, 6) is 0.123.